The van der Waals surface area contributed by atoms with Crippen molar-refractivity contribution < 1.29 is 17.9 Å². The Kier molecular flexibility index (Phi) is 4.17. The first-order valence-corrected chi connectivity index (χ1v) is 6.52. The van der Waals surface area contributed by atoms with Crippen LogP contribution in [0.1, 0.15) is 32.6 Å². The molecule has 0 aliphatic heterocycles. The third-order valence-electron chi connectivity index (χ3n) is 3.34. The molecule has 0 radical (unpaired) electrons. The maximum absolute atomic E-state index is 12.6. The second kappa shape index (κ2) is 5.68. The third-order valence-corrected chi connectivity index (χ3v) is 3.34. The summed E-state index contributed by atoms with van der Waals surface area (Å²) in [5.41, 5.74) is -0.510. The van der Waals surface area contributed by atoms with Gasteiger partial charge in [0.2, 0.25) is 0 Å². The predicted octanol–water partition coefficient (Wildman–Crippen LogP) is 5.04. The molecule has 0 heterocycles. The van der Waals surface area contributed by atoms with Crippen molar-refractivity contribution in [3.63, 3.8) is 0 Å². The van der Waals surface area contributed by atoms with E-state index >= 15 is 0 Å². The average molecular weight is 270 g/mol. The highest BCUT2D eigenvalue weighted by molar-refractivity contribution is 5.28. The summed E-state index contributed by atoms with van der Waals surface area (Å²) in [7, 11) is 0. The molecule has 19 heavy (non-hydrogen) atoms. The number of hydrogen-bond acceptors (Lipinski definition) is 1. The molecule has 0 N–H and O–H groups in total. The zero-order valence-corrected chi connectivity index (χ0v) is 10.8. The minimum absolute atomic E-state index is 0.0346. The van der Waals surface area contributed by atoms with Gasteiger partial charge in [-0.05, 0) is 43.4 Å². The lowest BCUT2D eigenvalue weighted by Crippen LogP contribution is -2.14. The zero-order chi connectivity index (χ0) is 13.9. The lowest BCUT2D eigenvalue weighted by Gasteiger charge is -2.21. The van der Waals surface area contributed by atoms with E-state index in [4.69, 9.17) is 4.74 Å². The first-order valence-electron chi connectivity index (χ1n) is 6.52. The quantitative estimate of drug-likeness (QED) is 0.698. The van der Waals surface area contributed by atoms with Crippen LogP contribution in [0.2, 0.25) is 0 Å². The lowest BCUT2D eigenvalue weighted by molar-refractivity contribution is -0.0944. The van der Waals surface area contributed by atoms with Crippen molar-refractivity contribution in [3.05, 3.63) is 47.5 Å². The van der Waals surface area contributed by atoms with Crippen molar-refractivity contribution >= 4 is 0 Å². The van der Waals surface area contributed by atoms with Crippen molar-refractivity contribution in [3.8, 4) is 0 Å². The largest absolute Gasteiger partial charge is 0.462 e. The Labute approximate surface area is 111 Å². The lowest BCUT2D eigenvalue weighted by atomic mass is 9.97. The van der Waals surface area contributed by atoms with E-state index in [2.05, 4.69) is 13.0 Å². The van der Waals surface area contributed by atoms with E-state index in [9.17, 15) is 13.2 Å². The SMILES string of the molecule is CCC1C=CC=C(OC2=CCCC(C(F)(F)F)=C2)C1. The van der Waals surface area contributed by atoms with Gasteiger partial charge in [-0.15, -0.1) is 0 Å². The fourth-order valence-electron chi connectivity index (χ4n) is 2.19. The van der Waals surface area contributed by atoms with Crippen molar-refractivity contribution in [2.75, 3.05) is 0 Å². The summed E-state index contributed by atoms with van der Waals surface area (Å²) < 4.78 is 43.5. The van der Waals surface area contributed by atoms with Gasteiger partial charge in [0.1, 0.15) is 11.5 Å². The molecule has 2 aliphatic carbocycles. The normalized spacial score (nSPS) is 23.6. The molecule has 0 aromatic carbocycles. The van der Waals surface area contributed by atoms with Gasteiger partial charge in [-0.3, -0.25) is 0 Å². The molecule has 0 saturated carbocycles. The molecular weight excluding hydrogens is 253 g/mol. The molecule has 4 heteroatoms. The summed E-state index contributed by atoms with van der Waals surface area (Å²) in [5.74, 6) is 1.46. The fraction of sp³-hybridized carbons (Fsp3) is 0.467. The highest BCUT2D eigenvalue weighted by Crippen LogP contribution is 2.34. The highest BCUT2D eigenvalue weighted by atomic mass is 19.4. The average Bonchev–Trinajstić information content (AvgIpc) is 2.38. The number of halogens is 3. The Hall–Kier alpha value is -1.45. The summed E-state index contributed by atoms with van der Waals surface area (Å²) in [6.45, 7) is 2.08. The minimum atomic E-state index is -4.25. The van der Waals surface area contributed by atoms with Crippen LogP contribution in [-0.2, 0) is 4.74 Å². The smallest absolute Gasteiger partial charge is 0.412 e. The summed E-state index contributed by atoms with van der Waals surface area (Å²) in [5, 5.41) is 0. The summed E-state index contributed by atoms with van der Waals surface area (Å²) in [6.07, 6.45) is 6.56. The van der Waals surface area contributed by atoms with E-state index in [1.165, 1.54) is 0 Å². The monoisotopic (exact) mass is 270 g/mol. The van der Waals surface area contributed by atoms with Crippen molar-refractivity contribution in [1.82, 2.24) is 0 Å². The number of allylic oxidation sites excluding steroid dienone is 7. The number of alkyl halides is 3. The Morgan fingerprint density at radius 3 is 2.84 bits per heavy atom. The molecule has 1 unspecified atom stereocenters. The zero-order valence-electron chi connectivity index (χ0n) is 10.8. The summed E-state index contributed by atoms with van der Waals surface area (Å²) >= 11 is 0. The van der Waals surface area contributed by atoms with Crippen LogP contribution < -0.4 is 0 Å². The first-order chi connectivity index (χ1) is 8.99. The van der Waals surface area contributed by atoms with E-state index < -0.39 is 11.7 Å². The molecule has 0 bridgehead atoms. The molecule has 0 aromatic rings. The molecule has 1 nitrogen and oxygen atoms in total. The van der Waals surface area contributed by atoms with Gasteiger partial charge < -0.3 is 4.74 Å². The van der Waals surface area contributed by atoms with Crippen LogP contribution in [0.3, 0.4) is 0 Å². The topological polar surface area (TPSA) is 9.23 Å². The fourth-order valence-corrected chi connectivity index (χ4v) is 2.19. The van der Waals surface area contributed by atoms with E-state index in [0.29, 0.717) is 18.1 Å². The van der Waals surface area contributed by atoms with E-state index in [1.807, 2.05) is 12.2 Å². The van der Waals surface area contributed by atoms with Crippen molar-refractivity contribution in [2.45, 2.75) is 38.8 Å². The van der Waals surface area contributed by atoms with Crippen LogP contribution in [-0.4, -0.2) is 6.18 Å². The van der Waals surface area contributed by atoms with Gasteiger partial charge in [0.05, 0.1) is 0 Å². The van der Waals surface area contributed by atoms with Crippen molar-refractivity contribution in [2.24, 2.45) is 5.92 Å². The standard InChI is InChI=1S/C15H17F3O/c1-2-11-5-3-7-13(9-11)19-14-8-4-6-12(10-14)15(16,17)18/h3,5,7-8,10-11H,2,4,6,9H2,1H3. The first kappa shape index (κ1) is 14.0. The molecule has 0 fully saturated rings. The maximum atomic E-state index is 12.6. The minimum Gasteiger partial charge on any atom is -0.462 e. The molecule has 0 spiro atoms. The van der Waals surface area contributed by atoms with Gasteiger partial charge in [-0.1, -0.05) is 19.1 Å². The summed E-state index contributed by atoms with van der Waals surface area (Å²) in [4.78, 5) is 0. The Bertz CT molecular complexity index is 453. The molecular formula is C15H17F3O. The van der Waals surface area contributed by atoms with Crippen LogP contribution in [0.25, 0.3) is 0 Å². The van der Waals surface area contributed by atoms with Crippen LogP contribution >= 0.6 is 0 Å². The molecule has 2 aliphatic rings. The maximum Gasteiger partial charge on any atom is 0.412 e. The van der Waals surface area contributed by atoms with Gasteiger partial charge in [0.15, 0.2) is 0 Å². The number of ether oxygens (including phenoxy) is 1. The van der Waals surface area contributed by atoms with E-state index in [-0.39, 0.29) is 6.42 Å². The van der Waals surface area contributed by atoms with Crippen LogP contribution in [0, 0.1) is 5.92 Å². The van der Waals surface area contributed by atoms with Crippen LogP contribution in [0.15, 0.2) is 47.5 Å². The molecule has 2 rings (SSSR count). The Morgan fingerprint density at radius 1 is 1.37 bits per heavy atom. The second-order valence-electron chi connectivity index (χ2n) is 4.80. The van der Waals surface area contributed by atoms with Gasteiger partial charge in [0.25, 0.3) is 0 Å². The van der Waals surface area contributed by atoms with Crippen LogP contribution in [0.4, 0.5) is 13.2 Å². The predicted molar refractivity (Wildman–Crippen MR) is 68.2 cm³/mol. The second-order valence-corrected chi connectivity index (χ2v) is 4.80. The molecule has 0 amide bonds. The third kappa shape index (κ3) is 3.75. The van der Waals surface area contributed by atoms with Crippen LogP contribution in [0.5, 0.6) is 0 Å². The van der Waals surface area contributed by atoms with E-state index in [1.54, 1.807) is 6.08 Å². The number of rotatable bonds is 3. The Balaban J connectivity index is 2.04. The Morgan fingerprint density at radius 2 is 2.16 bits per heavy atom. The van der Waals surface area contributed by atoms with Gasteiger partial charge >= 0.3 is 6.18 Å². The van der Waals surface area contributed by atoms with Gasteiger partial charge in [0, 0.05) is 12.0 Å². The highest BCUT2D eigenvalue weighted by Gasteiger charge is 2.34. The van der Waals surface area contributed by atoms with Gasteiger partial charge in [-0.2, -0.15) is 13.2 Å². The van der Waals surface area contributed by atoms with Crippen molar-refractivity contribution in [1.29, 1.82) is 0 Å². The molecule has 104 valence electrons. The molecule has 1 atom stereocenters. The molecule has 0 saturated heterocycles. The molecule has 0 aromatic heterocycles. The van der Waals surface area contributed by atoms with Gasteiger partial charge in [-0.25, -0.2) is 0 Å². The summed E-state index contributed by atoms with van der Waals surface area (Å²) in [6, 6.07) is 0. The van der Waals surface area contributed by atoms with E-state index in [0.717, 1.165) is 24.7 Å². The number of hydrogen-bond donors (Lipinski definition) is 0.